The molecule has 0 saturated carbocycles. The Morgan fingerprint density at radius 3 is 2.52 bits per heavy atom. The second-order valence-electron chi connectivity index (χ2n) is 7.27. The van der Waals surface area contributed by atoms with Crippen molar-refractivity contribution >= 4 is 27.5 Å². The molecule has 2 saturated heterocycles. The van der Waals surface area contributed by atoms with E-state index in [2.05, 4.69) is 0 Å². The van der Waals surface area contributed by atoms with E-state index in [-0.39, 0.29) is 10.8 Å². The Bertz CT molecular complexity index is 804. The lowest BCUT2D eigenvalue weighted by Gasteiger charge is -2.33. The number of aryl methyl sites for hydroxylation is 1. The molecular weight excluding hydrogens is 388 g/mol. The lowest BCUT2D eigenvalue weighted by molar-refractivity contribution is -0.128. The topological polar surface area (TPSA) is 66.9 Å². The first-order valence-corrected chi connectivity index (χ1v) is 11.4. The number of piperidine rings is 1. The lowest BCUT2D eigenvalue weighted by Crippen LogP contribution is -2.41. The maximum atomic E-state index is 13.2. The summed E-state index contributed by atoms with van der Waals surface area (Å²) in [6, 6.07) is 3.18. The van der Waals surface area contributed by atoms with Crippen LogP contribution in [0.4, 0.5) is 0 Å². The highest BCUT2D eigenvalue weighted by molar-refractivity contribution is 7.89. The molecule has 2 fully saturated rings. The van der Waals surface area contributed by atoms with E-state index in [9.17, 15) is 13.2 Å². The summed E-state index contributed by atoms with van der Waals surface area (Å²) in [5.74, 6) is 0.927. The molecule has 0 atom stereocenters. The molecule has 2 aliphatic heterocycles. The SMILES string of the molecule is CCOc1cc(C)c(Cl)cc1S(=O)(=O)N1CCC(CN2CCCC2=O)CC1. The van der Waals surface area contributed by atoms with E-state index in [0.29, 0.717) is 42.8 Å². The van der Waals surface area contributed by atoms with Gasteiger partial charge >= 0.3 is 0 Å². The Morgan fingerprint density at radius 2 is 1.93 bits per heavy atom. The summed E-state index contributed by atoms with van der Waals surface area (Å²) in [4.78, 5) is 13.9. The van der Waals surface area contributed by atoms with Gasteiger partial charge in [0.2, 0.25) is 15.9 Å². The standard InChI is InChI=1S/C19H27ClN2O4S/c1-3-26-17-11-14(2)16(20)12-18(17)27(24,25)22-9-6-15(7-10-22)13-21-8-4-5-19(21)23/h11-12,15H,3-10,13H2,1-2H3. The third-order valence-corrected chi connectivity index (χ3v) is 7.69. The zero-order chi connectivity index (χ0) is 19.6. The van der Waals surface area contributed by atoms with Gasteiger partial charge in [0.1, 0.15) is 10.6 Å². The van der Waals surface area contributed by atoms with Crippen molar-refractivity contribution in [3.63, 3.8) is 0 Å². The number of ether oxygens (including phenoxy) is 1. The minimum absolute atomic E-state index is 0.133. The summed E-state index contributed by atoms with van der Waals surface area (Å²) in [5, 5.41) is 0.416. The Hall–Kier alpha value is -1.31. The maximum absolute atomic E-state index is 13.2. The van der Waals surface area contributed by atoms with Crippen molar-refractivity contribution in [2.24, 2.45) is 5.92 Å². The third-order valence-electron chi connectivity index (χ3n) is 5.37. The molecule has 3 rings (SSSR count). The highest BCUT2D eigenvalue weighted by Crippen LogP contribution is 2.34. The second kappa shape index (κ2) is 8.37. The first kappa shape index (κ1) is 20.4. The zero-order valence-corrected chi connectivity index (χ0v) is 17.5. The van der Waals surface area contributed by atoms with Gasteiger partial charge in [-0.1, -0.05) is 11.6 Å². The number of benzene rings is 1. The van der Waals surface area contributed by atoms with Gasteiger partial charge in [0.05, 0.1) is 6.61 Å². The number of carbonyl (C=O) groups excluding carboxylic acids is 1. The van der Waals surface area contributed by atoms with Crippen LogP contribution in [0.25, 0.3) is 0 Å². The molecule has 1 aromatic rings. The Labute approximate surface area is 166 Å². The van der Waals surface area contributed by atoms with Crippen LogP contribution in [0.3, 0.4) is 0 Å². The van der Waals surface area contributed by atoms with Crippen molar-refractivity contribution in [3.05, 3.63) is 22.7 Å². The largest absolute Gasteiger partial charge is 0.492 e. The van der Waals surface area contributed by atoms with Crippen LogP contribution in [-0.2, 0) is 14.8 Å². The van der Waals surface area contributed by atoms with E-state index in [1.807, 2.05) is 18.7 Å². The lowest BCUT2D eigenvalue weighted by atomic mass is 9.98. The summed E-state index contributed by atoms with van der Waals surface area (Å²) < 4.78 is 33.4. The number of hydrogen-bond donors (Lipinski definition) is 0. The minimum Gasteiger partial charge on any atom is -0.492 e. The van der Waals surface area contributed by atoms with Crippen LogP contribution in [-0.4, -0.2) is 56.3 Å². The number of nitrogens with zero attached hydrogens (tertiary/aromatic N) is 2. The van der Waals surface area contributed by atoms with Gasteiger partial charge in [-0.15, -0.1) is 0 Å². The van der Waals surface area contributed by atoms with Crippen molar-refractivity contribution < 1.29 is 17.9 Å². The molecular formula is C19H27ClN2O4S. The van der Waals surface area contributed by atoms with Crippen LogP contribution < -0.4 is 4.74 Å². The summed E-state index contributed by atoms with van der Waals surface area (Å²) in [7, 11) is -3.67. The van der Waals surface area contributed by atoms with Gasteiger partial charge in [-0.05, 0) is 56.7 Å². The highest BCUT2D eigenvalue weighted by Gasteiger charge is 2.33. The normalized spacial score (nSPS) is 19.7. The molecule has 150 valence electrons. The molecule has 6 nitrogen and oxygen atoms in total. The molecule has 0 aliphatic carbocycles. The maximum Gasteiger partial charge on any atom is 0.246 e. The smallest absolute Gasteiger partial charge is 0.246 e. The molecule has 1 aromatic carbocycles. The summed E-state index contributed by atoms with van der Waals surface area (Å²) >= 11 is 6.19. The molecule has 2 aliphatic rings. The fourth-order valence-corrected chi connectivity index (χ4v) is 5.62. The average Bonchev–Trinajstić information content (AvgIpc) is 3.03. The molecule has 0 aromatic heterocycles. The first-order valence-electron chi connectivity index (χ1n) is 9.53. The molecule has 0 N–H and O–H groups in total. The fourth-order valence-electron chi connectivity index (χ4n) is 3.79. The van der Waals surface area contributed by atoms with Crippen LogP contribution in [0.1, 0.15) is 38.2 Å². The van der Waals surface area contributed by atoms with Gasteiger partial charge in [-0.25, -0.2) is 8.42 Å². The fraction of sp³-hybridized carbons (Fsp3) is 0.632. The predicted molar refractivity (Wildman–Crippen MR) is 105 cm³/mol. The summed E-state index contributed by atoms with van der Waals surface area (Å²) in [5.41, 5.74) is 0.785. The molecule has 0 bridgehead atoms. The van der Waals surface area contributed by atoms with Crippen molar-refractivity contribution in [2.45, 2.75) is 44.4 Å². The molecule has 0 spiro atoms. The van der Waals surface area contributed by atoms with Crippen molar-refractivity contribution in [1.29, 1.82) is 0 Å². The monoisotopic (exact) mass is 414 g/mol. The number of sulfonamides is 1. The van der Waals surface area contributed by atoms with Gasteiger partial charge in [0, 0.05) is 37.6 Å². The number of likely N-dealkylation sites (tertiary alicyclic amines) is 1. The van der Waals surface area contributed by atoms with Crippen LogP contribution in [0, 0.1) is 12.8 Å². The zero-order valence-electron chi connectivity index (χ0n) is 15.9. The van der Waals surface area contributed by atoms with Crippen molar-refractivity contribution in [2.75, 3.05) is 32.8 Å². The van der Waals surface area contributed by atoms with Gasteiger partial charge in [-0.3, -0.25) is 4.79 Å². The van der Waals surface area contributed by atoms with Gasteiger partial charge < -0.3 is 9.64 Å². The molecule has 2 heterocycles. The van der Waals surface area contributed by atoms with Crippen LogP contribution in [0.15, 0.2) is 17.0 Å². The number of carbonyl (C=O) groups is 1. The number of hydrogen-bond acceptors (Lipinski definition) is 4. The van der Waals surface area contributed by atoms with Crippen LogP contribution >= 0.6 is 11.6 Å². The van der Waals surface area contributed by atoms with E-state index in [1.54, 1.807) is 6.07 Å². The Morgan fingerprint density at radius 1 is 1.22 bits per heavy atom. The first-order chi connectivity index (χ1) is 12.8. The third kappa shape index (κ3) is 4.41. The molecule has 1 amide bonds. The van der Waals surface area contributed by atoms with Crippen LogP contribution in [0.5, 0.6) is 5.75 Å². The molecule has 0 radical (unpaired) electrons. The van der Waals surface area contributed by atoms with Crippen molar-refractivity contribution in [3.8, 4) is 5.75 Å². The Balaban J connectivity index is 1.71. The average molecular weight is 415 g/mol. The van der Waals surface area contributed by atoms with E-state index in [0.717, 1.165) is 37.9 Å². The number of rotatable bonds is 6. The quantitative estimate of drug-likeness (QED) is 0.717. The van der Waals surface area contributed by atoms with Crippen molar-refractivity contribution in [1.82, 2.24) is 9.21 Å². The molecule has 27 heavy (non-hydrogen) atoms. The van der Waals surface area contributed by atoms with E-state index < -0.39 is 10.0 Å². The van der Waals surface area contributed by atoms with Gasteiger partial charge in [-0.2, -0.15) is 4.31 Å². The van der Waals surface area contributed by atoms with Gasteiger partial charge in [0.15, 0.2) is 0 Å². The molecule has 0 unspecified atom stereocenters. The highest BCUT2D eigenvalue weighted by atomic mass is 35.5. The number of amides is 1. The summed E-state index contributed by atoms with van der Waals surface area (Å²) in [6.45, 7) is 6.51. The Kier molecular flexibility index (Phi) is 6.33. The second-order valence-corrected chi connectivity index (χ2v) is 9.59. The van der Waals surface area contributed by atoms with Gasteiger partial charge in [0.25, 0.3) is 0 Å². The van der Waals surface area contributed by atoms with E-state index in [4.69, 9.17) is 16.3 Å². The summed E-state index contributed by atoms with van der Waals surface area (Å²) in [6.07, 6.45) is 3.08. The van der Waals surface area contributed by atoms with Crippen LogP contribution in [0.2, 0.25) is 5.02 Å². The predicted octanol–water partition coefficient (Wildman–Crippen LogP) is 3.07. The van der Waals surface area contributed by atoms with E-state index in [1.165, 1.54) is 10.4 Å². The number of halogens is 1. The van der Waals surface area contributed by atoms with E-state index >= 15 is 0 Å². The minimum atomic E-state index is -3.67. The molecule has 8 heteroatoms.